The molecule has 0 radical (unpaired) electrons. The number of rotatable bonds is 4. The van der Waals surface area contributed by atoms with Crippen LogP contribution in [0.5, 0.6) is 5.75 Å². The zero-order valence-electron chi connectivity index (χ0n) is 15.3. The van der Waals surface area contributed by atoms with E-state index in [9.17, 15) is 20.0 Å². The van der Waals surface area contributed by atoms with Crippen molar-refractivity contribution in [1.82, 2.24) is 5.01 Å². The van der Waals surface area contributed by atoms with Gasteiger partial charge in [-0.2, -0.15) is 10.1 Å². The lowest BCUT2D eigenvalue weighted by atomic mass is 10.0. The monoisotopic (exact) mass is 435 g/mol. The standard InChI is InChI=1S/C21H13N3O4S2/c25-18-10-7-14-3-1-2-4-16(14)17(18)12-22-23-20(26)19(30-21(23)29)11-13-5-8-15(9-6-13)24(27)28/h1-12,25H. The molecule has 1 heterocycles. The van der Waals surface area contributed by atoms with Gasteiger partial charge in [-0.1, -0.05) is 42.1 Å². The summed E-state index contributed by atoms with van der Waals surface area (Å²) in [6.45, 7) is 0. The number of thiocarbonyl (C=S) groups is 1. The molecule has 0 aromatic heterocycles. The molecule has 1 N–H and O–H groups in total. The van der Waals surface area contributed by atoms with E-state index >= 15 is 0 Å². The molecule has 1 aliphatic heterocycles. The second-order valence-corrected chi connectivity index (χ2v) is 7.98. The van der Waals surface area contributed by atoms with Crippen LogP contribution < -0.4 is 0 Å². The second-order valence-electron chi connectivity index (χ2n) is 6.31. The van der Waals surface area contributed by atoms with Gasteiger partial charge >= 0.3 is 0 Å². The summed E-state index contributed by atoms with van der Waals surface area (Å²) in [7, 11) is 0. The van der Waals surface area contributed by atoms with Gasteiger partial charge in [-0.25, -0.2) is 0 Å². The summed E-state index contributed by atoms with van der Waals surface area (Å²) in [4.78, 5) is 23.4. The zero-order valence-corrected chi connectivity index (χ0v) is 16.9. The Bertz CT molecular complexity index is 1250. The van der Waals surface area contributed by atoms with E-state index in [2.05, 4.69) is 5.10 Å². The lowest BCUT2D eigenvalue weighted by molar-refractivity contribution is -0.384. The van der Waals surface area contributed by atoms with Crippen molar-refractivity contribution in [2.45, 2.75) is 0 Å². The summed E-state index contributed by atoms with van der Waals surface area (Å²) in [6.07, 6.45) is 3.02. The molecule has 9 heteroatoms. The number of aromatic hydroxyl groups is 1. The number of nitro benzene ring substituents is 1. The van der Waals surface area contributed by atoms with E-state index in [1.807, 2.05) is 24.3 Å². The van der Waals surface area contributed by atoms with Crippen molar-refractivity contribution in [3.63, 3.8) is 0 Å². The fraction of sp³-hybridized carbons (Fsp3) is 0. The van der Waals surface area contributed by atoms with Gasteiger partial charge in [-0.15, -0.1) is 0 Å². The molecule has 0 saturated carbocycles. The molecule has 1 amide bonds. The van der Waals surface area contributed by atoms with Crippen LogP contribution in [-0.2, 0) is 4.79 Å². The fourth-order valence-corrected chi connectivity index (χ4v) is 4.11. The number of fused-ring (bicyclic) bond motifs is 1. The third-order valence-corrected chi connectivity index (χ3v) is 5.71. The third kappa shape index (κ3) is 3.80. The molecule has 0 spiro atoms. The van der Waals surface area contributed by atoms with E-state index in [1.165, 1.54) is 18.3 Å². The van der Waals surface area contributed by atoms with Crippen molar-refractivity contribution in [2.75, 3.05) is 0 Å². The Morgan fingerprint density at radius 3 is 2.57 bits per heavy atom. The van der Waals surface area contributed by atoms with Crippen molar-refractivity contribution < 1.29 is 14.8 Å². The minimum atomic E-state index is -0.485. The van der Waals surface area contributed by atoms with E-state index in [1.54, 1.807) is 30.3 Å². The number of thioether (sulfide) groups is 1. The van der Waals surface area contributed by atoms with Crippen LogP contribution in [0.15, 0.2) is 70.7 Å². The van der Waals surface area contributed by atoms with Crippen LogP contribution in [0.1, 0.15) is 11.1 Å². The van der Waals surface area contributed by atoms with Crippen LogP contribution in [0.4, 0.5) is 5.69 Å². The number of phenols is 1. The van der Waals surface area contributed by atoms with Crippen LogP contribution in [-0.4, -0.2) is 31.5 Å². The Hall–Kier alpha value is -3.56. The van der Waals surface area contributed by atoms with Gasteiger partial charge in [0, 0.05) is 17.7 Å². The zero-order chi connectivity index (χ0) is 21.3. The minimum Gasteiger partial charge on any atom is -0.507 e. The molecule has 0 bridgehead atoms. The van der Waals surface area contributed by atoms with Gasteiger partial charge < -0.3 is 5.11 Å². The summed E-state index contributed by atoms with van der Waals surface area (Å²) in [5, 5.41) is 28.0. The van der Waals surface area contributed by atoms with Gasteiger partial charge in [0.2, 0.25) is 0 Å². The van der Waals surface area contributed by atoms with Crippen LogP contribution >= 0.6 is 24.0 Å². The Kier molecular flexibility index (Phi) is 5.30. The van der Waals surface area contributed by atoms with Gasteiger partial charge in [0.1, 0.15) is 5.75 Å². The molecule has 0 aliphatic carbocycles. The first-order valence-electron chi connectivity index (χ1n) is 8.71. The summed E-state index contributed by atoms with van der Waals surface area (Å²) in [5.41, 5.74) is 1.09. The molecule has 4 rings (SSSR count). The van der Waals surface area contributed by atoms with E-state index in [0.717, 1.165) is 27.5 Å². The number of phenolic OH excluding ortho intramolecular Hbond substituents is 1. The number of nitro groups is 1. The summed E-state index contributed by atoms with van der Waals surface area (Å²) in [5.74, 6) is -0.358. The first-order valence-corrected chi connectivity index (χ1v) is 9.93. The molecular weight excluding hydrogens is 422 g/mol. The summed E-state index contributed by atoms with van der Waals surface area (Å²) in [6, 6.07) is 16.7. The summed E-state index contributed by atoms with van der Waals surface area (Å²) < 4.78 is 0.254. The van der Waals surface area contributed by atoms with Crippen LogP contribution in [0.3, 0.4) is 0 Å². The SMILES string of the molecule is O=C1C(=Cc2ccc([N+](=O)[O-])cc2)SC(=S)N1N=Cc1c(O)ccc2ccccc12. The topological polar surface area (TPSA) is 96.0 Å². The van der Waals surface area contributed by atoms with E-state index < -0.39 is 10.8 Å². The maximum atomic E-state index is 12.7. The Morgan fingerprint density at radius 1 is 1.10 bits per heavy atom. The first-order chi connectivity index (χ1) is 14.4. The molecule has 0 unspecified atom stereocenters. The minimum absolute atomic E-state index is 0.0285. The highest BCUT2D eigenvalue weighted by Crippen LogP contribution is 2.33. The molecule has 1 fully saturated rings. The molecule has 0 atom stereocenters. The number of nitrogens with zero attached hydrogens (tertiary/aromatic N) is 3. The molecule has 7 nitrogen and oxygen atoms in total. The number of amides is 1. The quantitative estimate of drug-likeness (QED) is 0.210. The van der Waals surface area contributed by atoms with Gasteiger partial charge in [0.15, 0.2) is 4.32 Å². The lowest BCUT2D eigenvalue weighted by Gasteiger charge is -2.08. The molecule has 3 aromatic rings. The predicted molar refractivity (Wildman–Crippen MR) is 121 cm³/mol. The maximum absolute atomic E-state index is 12.7. The van der Waals surface area contributed by atoms with E-state index in [-0.39, 0.29) is 15.8 Å². The Labute approximate surface area is 180 Å². The maximum Gasteiger partial charge on any atom is 0.286 e. The predicted octanol–water partition coefficient (Wildman–Crippen LogP) is 4.69. The van der Waals surface area contributed by atoms with Crippen molar-refractivity contribution in [3.8, 4) is 5.75 Å². The fourth-order valence-electron chi connectivity index (χ4n) is 2.94. The van der Waals surface area contributed by atoms with Crippen molar-refractivity contribution in [3.05, 3.63) is 86.8 Å². The normalized spacial score (nSPS) is 15.6. The van der Waals surface area contributed by atoms with Gasteiger partial charge in [-0.3, -0.25) is 14.9 Å². The number of hydrogen-bond acceptors (Lipinski definition) is 7. The third-order valence-electron chi connectivity index (χ3n) is 4.43. The Morgan fingerprint density at radius 2 is 1.83 bits per heavy atom. The molecule has 3 aromatic carbocycles. The molecule has 148 valence electrons. The van der Waals surface area contributed by atoms with Crippen LogP contribution in [0.25, 0.3) is 16.8 Å². The highest BCUT2D eigenvalue weighted by atomic mass is 32.2. The molecule has 1 aliphatic rings. The smallest absolute Gasteiger partial charge is 0.286 e. The highest BCUT2D eigenvalue weighted by Gasteiger charge is 2.32. The highest BCUT2D eigenvalue weighted by molar-refractivity contribution is 8.26. The van der Waals surface area contributed by atoms with E-state index in [4.69, 9.17) is 12.2 Å². The van der Waals surface area contributed by atoms with Crippen molar-refractivity contribution in [2.24, 2.45) is 5.10 Å². The largest absolute Gasteiger partial charge is 0.507 e. The van der Waals surface area contributed by atoms with Crippen molar-refractivity contribution >= 4 is 63.0 Å². The number of carbonyl (C=O) groups excluding carboxylic acids is 1. The number of benzene rings is 3. The van der Waals surface area contributed by atoms with Crippen LogP contribution in [0, 0.1) is 10.1 Å². The summed E-state index contributed by atoms with van der Waals surface area (Å²) >= 11 is 6.36. The average Bonchev–Trinajstić information content (AvgIpc) is 3.00. The lowest BCUT2D eigenvalue weighted by Crippen LogP contribution is -2.22. The van der Waals surface area contributed by atoms with E-state index in [0.29, 0.717) is 16.0 Å². The molecule has 1 saturated heterocycles. The average molecular weight is 435 g/mol. The van der Waals surface area contributed by atoms with Gasteiger partial charge in [-0.05, 0) is 52.8 Å². The molecular formula is C21H13N3O4S2. The van der Waals surface area contributed by atoms with Gasteiger partial charge in [0.05, 0.1) is 16.0 Å². The van der Waals surface area contributed by atoms with Gasteiger partial charge in [0.25, 0.3) is 11.6 Å². The van der Waals surface area contributed by atoms with Crippen LogP contribution in [0.2, 0.25) is 0 Å². The number of non-ortho nitro benzene ring substituents is 1. The first kappa shape index (κ1) is 19.7. The molecule has 30 heavy (non-hydrogen) atoms. The van der Waals surface area contributed by atoms with Crippen molar-refractivity contribution in [1.29, 1.82) is 0 Å². The number of carbonyl (C=O) groups is 1. The number of hydrogen-bond donors (Lipinski definition) is 1. The number of hydrazone groups is 1. The second kappa shape index (κ2) is 8.05. The Balaban J connectivity index is 1.61.